The molecule has 4 heteroatoms. The number of carbonyl (C=O) groups is 1. The van der Waals surface area contributed by atoms with Crippen molar-refractivity contribution in [3.8, 4) is 0 Å². The summed E-state index contributed by atoms with van der Waals surface area (Å²) < 4.78 is 5.53. The normalized spacial score (nSPS) is 25.3. The Morgan fingerprint density at radius 2 is 1.90 bits per heavy atom. The van der Waals surface area contributed by atoms with E-state index in [1.807, 2.05) is 25.7 Å². The molecule has 2 aliphatic rings. The molecule has 2 unspecified atom stereocenters. The monoisotopic (exact) mass is 296 g/mol. The topological polar surface area (TPSA) is 41.6 Å². The molecule has 1 heterocycles. The highest BCUT2D eigenvalue weighted by Gasteiger charge is 2.33. The maximum atomic E-state index is 12.3. The Morgan fingerprint density at radius 1 is 1.24 bits per heavy atom. The standard InChI is InChI=1S/C17H32N2O2/c1-13(18-14-8-5-6-9-14)12-15-10-7-11-19(15)16(20)21-17(2,3)4/h13-15,18H,5-12H2,1-4H3. The molecule has 2 fully saturated rings. The summed E-state index contributed by atoms with van der Waals surface area (Å²) in [5.74, 6) is 0. The summed E-state index contributed by atoms with van der Waals surface area (Å²) in [6.45, 7) is 8.89. The molecule has 0 radical (unpaired) electrons. The smallest absolute Gasteiger partial charge is 0.410 e. The van der Waals surface area contributed by atoms with Gasteiger partial charge in [0.1, 0.15) is 5.60 Å². The minimum absolute atomic E-state index is 0.141. The summed E-state index contributed by atoms with van der Waals surface area (Å²) in [5, 5.41) is 3.73. The van der Waals surface area contributed by atoms with Crippen LogP contribution < -0.4 is 5.32 Å². The zero-order valence-electron chi connectivity index (χ0n) is 14.2. The van der Waals surface area contributed by atoms with E-state index >= 15 is 0 Å². The minimum atomic E-state index is -0.405. The number of likely N-dealkylation sites (tertiary alicyclic amines) is 1. The third kappa shape index (κ3) is 5.17. The summed E-state index contributed by atoms with van der Waals surface area (Å²) in [5.41, 5.74) is -0.405. The maximum absolute atomic E-state index is 12.3. The maximum Gasteiger partial charge on any atom is 0.410 e. The van der Waals surface area contributed by atoms with Crippen LogP contribution in [0.1, 0.15) is 72.6 Å². The Labute approximate surface area is 129 Å². The van der Waals surface area contributed by atoms with Gasteiger partial charge in [-0.1, -0.05) is 12.8 Å². The van der Waals surface area contributed by atoms with E-state index < -0.39 is 5.60 Å². The van der Waals surface area contributed by atoms with E-state index in [0.29, 0.717) is 18.1 Å². The van der Waals surface area contributed by atoms with E-state index in [1.165, 1.54) is 25.7 Å². The van der Waals surface area contributed by atoms with Crippen LogP contribution in [0.3, 0.4) is 0 Å². The molecule has 1 saturated heterocycles. The molecule has 21 heavy (non-hydrogen) atoms. The van der Waals surface area contributed by atoms with Gasteiger partial charge in [0.25, 0.3) is 0 Å². The van der Waals surface area contributed by atoms with Crippen molar-refractivity contribution in [2.24, 2.45) is 0 Å². The number of nitrogens with zero attached hydrogens (tertiary/aromatic N) is 1. The number of rotatable bonds is 4. The first-order valence-electron chi connectivity index (χ1n) is 8.61. The molecule has 1 N–H and O–H groups in total. The minimum Gasteiger partial charge on any atom is -0.444 e. The van der Waals surface area contributed by atoms with Crippen LogP contribution in [-0.4, -0.2) is 41.3 Å². The summed E-state index contributed by atoms with van der Waals surface area (Å²) in [6.07, 6.45) is 8.44. The number of carbonyl (C=O) groups excluding carboxylic acids is 1. The number of nitrogens with one attached hydrogen (secondary N) is 1. The van der Waals surface area contributed by atoms with Crippen LogP contribution >= 0.6 is 0 Å². The fraction of sp³-hybridized carbons (Fsp3) is 0.941. The zero-order chi connectivity index (χ0) is 15.5. The third-order valence-electron chi connectivity index (χ3n) is 4.51. The molecular weight excluding hydrogens is 264 g/mol. The lowest BCUT2D eigenvalue weighted by Gasteiger charge is -2.30. The predicted octanol–water partition coefficient (Wildman–Crippen LogP) is 3.70. The molecule has 2 atom stereocenters. The molecule has 0 aromatic rings. The molecule has 4 nitrogen and oxygen atoms in total. The van der Waals surface area contributed by atoms with Crippen molar-refractivity contribution in [3.63, 3.8) is 0 Å². The van der Waals surface area contributed by atoms with Gasteiger partial charge < -0.3 is 15.0 Å². The van der Waals surface area contributed by atoms with Crippen molar-refractivity contribution in [1.29, 1.82) is 0 Å². The second kappa shape index (κ2) is 6.99. The second-order valence-electron chi connectivity index (χ2n) is 7.75. The Hall–Kier alpha value is -0.770. The largest absolute Gasteiger partial charge is 0.444 e. The quantitative estimate of drug-likeness (QED) is 0.860. The molecule has 122 valence electrons. The summed E-state index contributed by atoms with van der Waals surface area (Å²) in [4.78, 5) is 14.2. The molecule has 0 aromatic heterocycles. The van der Waals surface area contributed by atoms with Crippen LogP contribution in [0.2, 0.25) is 0 Å². The summed E-state index contributed by atoms with van der Waals surface area (Å²) in [6, 6.07) is 1.50. The van der Waals surface area contributed by atoms with Crippen molar-refractivity contribution >= 4 is 6.09 Å². The van der Waals surface area contributed by atoms with Crippen molar-refractivity contribution < 1.29 is 9.53 Å². The molecule has 0 bridgehead atoms. The lowest BCUT2D eigenvalue weighted by molar-refractivity contribution is 0.0214. The summed E-state index contributed by atoms with van der Waals surface area (Å²) >= 11 is 0. The highest BCUT2D eigenvalue weighted by molar-refractivity contribution is 5.68. The lowest BCUT2D eigenvalue weighted by Crippen LogP contribution is -2.44. The van der Waals surface area contributed by atoms with Crippen molar-refractivity contribution in [2.45, 2.75) is 96.4 Å². The number of amides is 1. The van der Waals surface area contributed by atoms with Crippen molar-refractivity contribution in [1.82, 2.24) is 10.2 Å². The molecule has 0 aromatic carbocycles. The second-order valence-corrected chi connectivity index (χ2v) is 7.75. The molecule has 1 saturated carbocycles. The van der Waals surface area contributed by atoms with Gasteiger partial charge >= 0.3 is 6.09 Å². The zero-order valence-corrected chi connectivity index (χ0v) is 14.2. The van der Waals surface area contributed by atoms with Crippen molar-refractivity contribution in [2.75, 3.05) is 6.54 Å². The molecule has 0 spiro atoms. The van der Waals surface area contributed by atoms with E-state index in [1.54, 1.807) is 0 Å². The molecule has 2 rings (SSSR count). The highest BCUT2D eigenvalue weighted by Crippen LogP contribution is 2.25. The van der Waals surface area contributed by atoms with Crippen LogP contribution in [0.15, 0.2) is 0 Å². The Balaban J connectivity index is 1.82. The first-order chi connectivity index (χ1) is 9.85. The Morgan fingerprint density at radius 3 is 2.52 bits per heavy atom. The Kier molecular flexibility index (Phi) is 5.53. The van der Waals surface area contributed by atoms with Crippen LogP contribution in [0.5, 0.6) is 0 Å². The van der Waals surface area contributed by atoms with E-state index in [4.69, 9.17) is 4.74 Å². The van der Waals surface area contributed by atoms with Crippen LogP contribution in [-0.2, 0) is 4.74 Å². The fourth-order valence-electron chi connectivity index (χ4n) is 3.61. The number of hydrogen-bond donors (Lipinski definition) is 1. The van der Waals surface area contributed by atoms with Crippen LogP contribution in [0, 0.1) is 0 Å². The SMILES string of the molecule is CC(CC1CCCN1C(=O)OC(C)(C)C)NC1CCCC1. The first-order valence-corrected chi connectivity index (χ1v) is 8.61. The number of ether oxygens (including phenoxy) is 1. The van der Waals surface area contributed by atoms with Gasteiger partial charge in [-0.05, 0) is 59.8 Å². The average molecular weight is 296 g/mol. The average Bonchev–Trinajstić information content (AvgIpc) is 2.97. The van der Waals surface area contributed by atoms with Gasteiger partial charge in [0.2, 0.25) is 0 Å². The molecule has 1 aliphatic heterocycles. The van der Waals surface area contributed by atoms with Crippen LogP contribution in [0.25, 0.3) is 0 Å². The van der Waals surface area contributed by atoms with E-state index in [0.717, 1.165) is 25.8 Å². The molecule has 1 amide bonds. The third-order valence-corrected chi connectivity index (χ3v) is 4.51. The highest BCUT2D eigenvalue weighted by atomic mass is 16.6. The first kappa shape index (κ1) is 16.6. The van der Waals surface area contributed by atoms with E-state index in [9.17, 15) is 4.79 Å². The molecular formula is C17H32N2O2. The van der Waals surface area contributed by atoms with Gasteiger partial charge in [0.05, 0.1) is 0 Å². The van der Waals surface area contributed by atoms with Gasteiger partial charge in [0.15, 0.2) is 0 Å². The van der Waals surface area contributed by atoms with Gasteiger partial charge in [0, 0.05) is 24.7 Å². The molecule has 1 aliphatic carbocycles. The predicted molar refractivity (Wildman–Crippen MR) is 85.4 cm³/mol. The number of hydrogen-bond acceptors (Lipinski definition) is 3. The Bertz CT molecular complexity index is 345. The van der Waals surface area contributed by atoms with Crippen molar-refractivity contribution in [3.05, 3.63) is 0 Å². The van der Waals surface area contributed by atoms with Gasteiger partial charge in [-0.3, -0.25) is 0 Å². The van der Waals surface area contributed by atoms with E-state index in [-0.39, 0.29) is 6.09 Å². The lowest BCUT2D eigenvalue weighted by atomic mass is 10.0. The van der Waals surface area contributed by atoms with Gasteiger partial charge in [-0.2, -0.15) is 0 Å². The van der Waals surface area contributed by atoms with Gasteiger partial charge in [-0.25, -0.2) is 4.79 Å². The van der Waals surface area contributed by atoms with Crippen LogP contribution in [0.4, 0.5) is 4.79 Å². The fourth-order valence-corrected chi connectivity index (χ4v) is 3.61. The van der Waals surface area contributed by atoms with Gasteiger partial charge in [-0.15, -0.1) is 0 Å². The summed E-state index contributed by atoms with van der Waals surface area (Å²) in [7, 11) is 0. The van der Waals surface area contributed by atoms with E-state index in [2.05, 4.69) is 12.2 Å².